The van der Waals surface area contributed by atoms with Crippen molar-refractivity contribution in [2.24, 2.45) is 0 Å². The van der Waals surface area contributed by atoms with Gasteiger partial charge in [-0.1, -0.05) is 18.2 Å². The first kappa shape index (κ1) is 16.9. The van der Waals surface area contributed by atoms with Crippen LogP contribution in [0.4, 0.5) is 5.69 Å². The van der Waals surface area contributed by atoms with E-state index in [4.69, 9.17) is 0 Å². The van der Waals surface area contributed by atoms with Gasteiger partial charge in [0, 0.05) is 5.69 Å². The average Bonchev–Trinajstić information content (AvgIpc) is 2.96. The third kappa shape index (κ3) is 3.57. The predicted octanol–water partition coefficient (Wildman–Crippen LogP) is 2.97. The Morgan fingerprint density at radius 3 is 2.58 bits per heavy atom. The van der Waals surface area contributed by atoms with Crippen molar-refractivity contribution in [1.29, 1.82) is 0 Å². The van der Waals surface area contributed by atoms with Crippen LogP contribution in [-0.4, -0.2) is 20.1 Å². The predicted molar refractivity (Wildman–Crippen MR) is 96.5 cm³/mol. The molecule has 7 heteroatoms. The van der Waals surface area contributed by atoms with Crippen LogP contribution in [-0.2, 0) is 14.8 Å². The van der Waals surface area contributed by atoms with Crippen molar-refractivity contribution >= 4 is 33.4 Å². The number of hydrogen-bond acceptors (Lipinski definition) is 4. The van der Waals surface area contributed by atoms with E-state index in [-0.39, 0.29) is 16.2 Å². The van der Waals surface area contributed by atoms with Gasteiger partial charge in [0.2, 0.25) is 5.91 Å². The maximum absolute atomic E-state index is 12.6. The number of carbonyl (C=O) groups excluding carboxylic acids is 1. The zero-order chi connectivity index (χ0) is 17.3. The molecule has 3 rings (SSSR count). The summed E-state index contributed by atoms with van der Waals surface area (Å²) in [5, 5.41) is 2.72. The summed E-state index contributed by atoms with van der Waals surface area (Å²) < 4.78 is 27.7. The van der Waals surface area contributed by atoms with E-state index >= 15 is 0 Å². The third-order valence-electron chi connectivity index (χ3n) is 3.90. The molecule has 0 aliphatic carbocycles. The quantitative estimate of drug-likeness (QED) is 0.877. The van der Waals surface area contributed by atoms with Crippen molar-refractivity contribution in [3.8, 4) is 0 Å². The number of anilines is 1. The summed E-state index contributed by atoms with van der Waals surface area (Å²) in [6.45, 7) is 3.82. The zero-order valence-corrected chi connectivity index (χ0v) is 15.0. The molecule has 1 unspecified atom stereocenters. The van der Waals surface area contributed by atoms with Gasteiger partial charge in [0.1, 0.15) is 5.37 Å². The number of carbonyl (C=O) groups is 1. The van der Waals surface area contributed by atoms with E-state index < -0.39 is 10.0 Å². The van der Waals surface area contributed by atoms with E-state index in [2.05, 4.69) is 10.0 Å². The third-order valence-corrected chi connectivity index (χ3v) is 6.43. The van der Waals surface area contributed by atoms with Gasteiger partial charge in [-0.3, -0.25) is 9.52 Å². The van der Waals surface area contributed by atoms with Crippen LogP contribution < -0.4 is 10.0 Å². The molecular formula is C17H18N2O3S2. The molecule has 126 valence electrons. The van der Waals surface area contributed by atoms with E-state index in [1.165, 1.54) is 11.8 Å². The molecule has 1 fully saturated rings. The Labute approximate surface area is 145 Å². The summed E-state index contributed by atoms with van der Waals surface area (Å²) in [7, 11) is -3.65. The maximum Gasteiger partial charge on any atom is 0.261 e. The molecule has 1 aliphatic heterocycles. The van der Waals surface area contributed by atoms with E-state index in [1.807, 2.05) is 19.9 Å². The maximum atomic E-state index is 12.6. The second-order valence-corrected chi connectivity index (χ2v) is 8.51. The van der Waals surface area contributed by atoms with Crippen LogP contribution in [0.5, 0.6) is 0 Å². The molecule has 1 saturated heterocycles. The number of benzene rings is 2. The van der Waals surface area contributed by atoms with Crippen LogP contribution in [0.3, 0.4) is 0 Å². The second-order valence-electron chi connectivity index (χ2n) is 5.74. The van der Waals surface area contributed by atoms with Gasteiger partial charge < -0.3 is 5.32 Å². The fourth-order valence-electron chi connectivity index (χ4n) is 2.43. The lowest BCUT2D eigenvalue weighted by Gasteiger charge is -2.13. The largest absolute Gasteiger partial charge is 0.339 e. The first-order valence-electron chi connectivity index (χ1n) is 7.46. The van der Waals surface area contributed by atoms with Crippen LogP contribution in [0.1, 0.15) is 22.1 Å². The Morgan fingerprint density at radius 2 is 1.92 bits per heavy atom. The zero-order valence-electron chi connectivity index (χ0n) is 13.4. The summed E-state index contributed by atoms with van der Waals surface area (Å²) >= 11 is 1.49. The Bertz CT molecular complexity index is 894. The van der Waals surface area contributed by atoms with Crippen molar-refractivity contribution < 1.29 is 13.2 Å². The Hall–Kier alpha value is -1.99. The van der Waals surface area contributed by atoms with Crippen molar-refractivity contribution in [2.75, 3.05) is 10.5 Å². The molecule has 24 heavy (non-hydrogen) atoms. The highest BCUT2D eigenvalue weighted by atomic mass is 32.2. The van der Waals surface area contributed by atoms with E-state index in [0.717, 1.165) is 16.7 Å². The van der Waals surface area contributed by atoms with Gasteiger partial charge in [0.15, 0.2) is 0 Å². The Balaban J connectivity index is 1.84. The molecular weight excluding hydrogens is 344 g/mol. The standard InChI is InChI=1S/C17H18N2O3S2/c1-11-6-7-15(8-12(11)2)24(21,22)19-14-5-3-4-13(9-14)17-18-16(20)10-23-17/h3-9,17,19H,10H2,1-2H3,(H,18,20). The van der Waals surface area contributed by atoms with E-state index in [0.29, 0.717) is 11.4 Å². The molecule has 1 heterocycles. The van der Waals surface area contributed by atoms with Crippen LogP contribution >= 0.6 is 11.8 Å². The highest BCUT2D eigenvalue weighted by molar-refractivity contribution is 8.00. The van der Waals surface area contributed by atoms with Crippen LogP contribution in [0.2, 0.25) is 0 Å². The Morgan fingerprint density at radius 1 is 1.12 bits per heavy atom. The lowest BCUT2D eigenvalue weighted by Crippen LogP contribution is -2.19. The number of nitrogens with one attached hydrogen (secondary N) is 2. The molecule has 0 aromatic heterocycles. The fraction of sp³-hybridized carbons (Fsp3) is 0.235. The highest BCUT2D eigenvalue weighted by Gasteiger charge is 2.23. The SMILES string of the molecule is Cc1ccc(S(=O)(=O)Nc2cccc(C3NC(=O)CS3)c2)cc1C. The smallest absolute Gasteiger partial charge is 0.261 e. The monoisotopic (exact) mass is 362 g/mol. The summed E-state index contributed by atoms with van der Waals surface area (Å²) in [4.78, 5) is 11.6. The van der Waals surface area contributed by atoms with Gasteiger partial charge in [0.25, 0.3) is 10.0 Å². The van der Waals surface area contributed by atoms with Crippen molar-refractivity contribution in [1.82, 2.24) is 5.32 Å². The molecule has 0 bridgehead atoms. The molecule has 2 N–H and O–H groups in total. The van der Waals surface area contributed by atoms with Crippen molar-refractivity contribution in [2.45, 2.75) is 24.1 Å². The molecule has 0 saturated carbocycles. The first-order valence-corrected chi connectivity index (χ1v) is 9.99. The number of sulfonamides is 1. The minimum atomic E-state index is -3.65. The minimum absolute atomic E-state index is 0.00823. The average molecular weight is 362 g/mol. The van der Waals surface area contributed by atoms with Gasteiger partial charge in [-0.2, -0.15) is 0 Å². The van der Waals surface area contributed by atoms with Crippen LogP contribution in [0, 0.1) is 13.8 Å². The fourth-order valence-corrected chi connectivity index (χ4v) is 4.52. The number of aryl methyl sites for hydroxylation is 2. The summed E-state index contributed by atoms with van der Waals surface area (Å²) in [6.07, 6.45) is 0. The lowest BCUT2D eigenvalue weighted by molar-refractivity contribution is -0.118. The van der Waals surface area contributed by atoms with E-state index in [1.54, 1.807) is 36.4 Å². The van der Waals surface area contributed by atoms with Crippen LogP contribution in [0.15, 0.2) is 47.4 Å². The number of thioether (sulfide) groups is 1. The van der Waals surface area contributed by atoms with E-state index in [9.17, 15) is 13.2 Å². The summed E-state index contributed by atoms with van der Waals surface area (Å²) in [6, 6.07) is 12.2. The summed E-state index contributed by atoms with van der Waals surface area (Å²) in [5.74, 6) is 0.412. The Kier molecular flexibility index (Phi) is 4.56. The molecule has 2 aromatic rings. The van der Waals surface area contributed by atoms with Crippen LogP contribution in [0.25, 0.3) is 0 Å². The minimum Gasteiger partial charge on any atom is -0.339 e. The first-order chi connectivity index (χ1) is 11.3. The number of rotatable bonds is 4. The lowest BCUT2D eigenvalue weighted by atomic mass is 10.1. The normalized spacial score (nSPS) is 17.6. The van der Waals surface area contributed by atoms with Crippen molar-refractivity contribution in [3.63, 3.8) is 0 Å². The van der Waals surface area contributed by atoms with Gasteiger partial charge >= 0.3 is 0 Å². The molecule has 0 spiro atoms. The van der Waals surface area contributed by atoms with Gasteiger partial charge in [-0.25, -0.2) is 8.42 Å². The molecule has 5 nitrogen and oxygen atoms in total. The summed E-state index contributed by atoms with van der Waals surface area (Å²) in [5.41, 5.74) is 3.32. The molecule has 2 aromatic carbocycles. The second kappa shape index (κ2) is 6.49. The molecule has 1 amide bonds. The molecule has 1 atom stereocenters. The number of hydrogen-bond donors (Lipinski definition) is 2. The topological polar surface area (TPSA) is 75.3 Å². The molecule has 1 aliphatic rings. The highest BCUT2D eigenvalue weighted by Crippen LogP contribution is 2.32. The van der Waals surface area contributed by atoms with Gasteiger partial charge in [-0.15, -0.1) is 11.8 Å². The van der Waals surface area contributed by atoms with Gasteiger partial charge in [-0.05, 0) is 54.8 Å². The van der Waals surface area contributed by atoms with Crippen molar-refractivity contribution in [3.05, 3.63) is 59.2 Å². The number of amides is 1. The molecule has 0 radical (unpaired) electrons. The van der Waals surface area contributed by atoms with Gasteiger partial charge in [0.05, 0.1) is 10.6 Å².